The first kappa shape index (κ1) is 16.0. The number of rotatable bonds is 5. The monoisotopic (exact) mass is 299 g/mol. The topological polar surface area (TPSA) is 116 Å². The molecule has 0 aliphatic carbocycles. The fraction of sp³-hybridized carbons (Fsp3) is 0.250. The van der Waals surface area contributed by atoms with Crippen LogP contribution in [0.4, 0.5) is 11.4 Å². The number of hydrogen-bond acceptors (Lipinski definition) is 6. The highest BCUT2D eigenvalue weighted by Gasteiger charge is 2.19. The number of sulfonamides is 1. The van der Waals surface area contributed by atoms with Gasteiger partial charge in [-0.1, -0.05) is 0 Å². The number of carbonyl (C=O) groups excluding carboxylic acids is 2. The lowest BCUT2D eigenvalue weighted by Crippen LogP contribution is -2.24. The number of ketones is 1. The molecule has 0 aliphatic heterocycles. The SMILES string of the molecule is [CH2]c1c(N)cc(C(C)=O)cc1NS(=O)(=O)CC(=O)OC. The van der Waals surface area contributed by atoms with E-state index < -0.39 is 21.7 Å². The zero-order chi connectivity index (χ0) is 15.5. The van der Waals surface area contributed by atoms with E-state index in [1.54, 1.807) is 0 Å². The summed E-state index contributed by atoms with van der Waals surface area (Å²) in [5.74, 6) is -2.02. The lowest BCUT2D eigenvalue weighted by Gasteiger charge is -2.13. The van der Waals surface area contributed by atoms with E-state index in [1.807, 2.05) is 0 Å². The number of anilines is 2. The second-order valence-corrected chi connectivity index (χ2v) is 5.81. The molecule has 0 saturated carbocycles. The van der Waals surface area contributed by atoms with Crippen molar-refractivity contribution in [3.63, 3.8) is 0 Å². The minimum Gasteiger partial charge on any atom is -0.468 e. The van der Waals surface area contributed by atoms with Crippen LogP contribution in [-0.2, 0) is 19.6 Å². The van der Waals surface area contributed by atoms with Gasteiger partial charge in [-0.15, -0.1) is 0 Å². The normalized spacial score (nSPS) is 10.9. The number of esters is 1. The standard InChI is InChI=1S/C12H15N2O5S/c1-7-10(13)4-9(8(2)15)5-11(7)14-20(17,18)6-12(16)19-3/h4-5,14H,1,6,13H2,2-3H3. The Bertz CT molecular complexity index is 652. The largest absolute Gasteiger partial charge is 0.468 e. The molecule has 0 amide bonds. The Hall–Kier alpha value is -2.09. The van der Waals surface area contributed by atoms with Gasteiger partial charge in [0.25, 0.3) is 0 Å². The Kier molecular flexibility index (Phi) is 4.72. The molecule has 109 valence electrons. The average molecular weight is 299 g/mol. The number of carbonyl (C=O) groups is 2. The Balaban J connectivity index is 3.14. The summed E-state index contributed by atoms with van der Waals surface area (Å²) < 4.78 is 29.9. The molecule has 0 saturated heterocycles. The van der Waals surface area contributed by atoms with E-state index in [4.69, 9.17) is 5.73 Å². The summed E-state index contributed by atoms with van der Waals surface area (Å²) in [6.45, 7) is 4.95. The number of nitrogens with two attached hydrogens (primary N) is 1. The van der Waals surface area contributed by atoms with Gasteiger partial charge in [0.1, 0.15) is 0 Å². The van der Waals surface area contributed by atoms with E-state index in [1.165, 1.54) is 19.1 Å². The summed E-state index contributed by atoms with van der Waals surface area (Å²) >= 11 is 0. The van der Waals surface area contributed by atoms with Gasteiger partial charge in [0.2, 0.25) is 10.0 Å². The molecule has 1 radical (unpaired) electrons. The first-order valence-electron chi connectivity index (χ1n) is 5.50. The molecule has 1 rings (SSSR count). The molecule has 1 aromatic carbocycles. The van der Waals surface area contributed by atoms with Crippen LogP contribution in [0.1, 0.15) is 22.8 Å². The molecule has 7 nitrogen and oxygen atoms in total. The quantitative estimate of drug-likeness (QED) is 0.466. The van der Waals surface area contributed by atoms with Crippen LogP contribution in [0.2, 0.25) is 0 Å². The van der Waals surface area contributed by atoms with E-state index in [0.717, 1.165) is 7.11 Å². The number of Topliss-reactive ketones (excluding diaryl/α,β-unsaturated/α-hetero) is 1. The third kappa shape index (κ3) is 3.95. The van der Waals surface area contributed by atoms with Crippen LogP contribution >= 0.6 is 0 Å². The first-order valence-corrected chi connectivity index (χ1v) is 7.15. The van der Waals surface area contributed by atoms with Crippen molar-refractivity contribution in [3.8, 4) is 0 Å². The van der Waals surface area contributed by atoms with Crippen molar-refractivity contribution in [1.29, 1.82) is 0 Å². The third-order valence-electron chi connectivity index (χ3n) is 2.49. The Morgan fingerprint density at radius 1 is 1.40 bits per heavy atom. The molecule has 0 atom stereocenters. The molecule has 8 heteroatoms. The smallest absolute Gasteiger partial charge is 0.322 e. The van der Waals surface area contributed by atoms with Crippen molar-refractivity contribution < 1.29 is 22.7 Å². The van der Waals surface area contributed by atoms with E-state index in [0.29, 0.717) is 0 Å². The summed E-state index contributed by atoms with van der Waals surface area (Å²) in [4.78, 5) is 22.3. The maximum absolute atomic E-state index is 11.7. The molecule has 0 aromatic heterocycles. The van der Waals surface area contributed by atoms with Crippen LogP contribution in [0.5, 0.6) is 0 Å². The molecule has 0 unspecified atom stereocenters. The second-order valence-electron chi connectivity index (χ2n) is 4.09. The van der Waals surface area contributed by atoms with E-state index >= 15 is 0 Å². The molecule has 0 fully saturated rings. The number of ether oxygens (including phenoxy) is 1. The molecule has 0 aliphatic rings. The summed E-state index contributed by atoms with van der Waals surface area (Å²) in [6.07, 6.45) is 0. The molecular weight excluding hydrogens is 284 g/mol. The highest BCUT2D eigenvalue weighted by Crippen LogP contribution is 2.25. The van der Waals surface area contributed by atoms with Crippen LogP contribution in [0, 0.1) is 6.92 Å². The average Bonchev–Trinajstić information content (AvgIpc) is 2.33. The van der Waals surface area contributed by atoms with Crippen LogP contribution in [-0.4, -0.2) is 33.0 Å². The summed E-state index contributed by atoms with van der Waals surface area (Å²) in [6, 6.07) is 2.72. The summed E-state index contributed by atoms with van der Waals surface area (Å²) in [5, 5.41) is 0. The van der Waals surface area contributed by atoms with Crippen molar-refractivity contribution in [3.05, 3.63) is 30.2 Å². The highest BCUT2D eigenvalue weighted by molar-refractivity contribution is 7.93. The predicted molar refractivity (Wildman–Crippen MR) is 74.7 cm³/mol. The Morgan fingerprint density at radius 3 is 2.50 bits per heavy atom. The van der Waals surface area contributed by atoms with Crippen molar-refractivity contribution >= 4 is 33.2 Å². The van der Waals surface area contributed by atoms with Gasteiger partial charge >= 0.3 is 5.97 Å². The van der Waals surface area contributed by atoms with Crippen molar-refractivity contribution in [2.75, 3.05) is 23.3 Å². The third-order valence-corrected chi connectivity index (χ3v) is 3.64. The van der Waals surface area contributed by atoms with Crippen molar-refractivity contribution in [2.45, 2.75) is 6.92 Å². The highest BCUT2D eigenvalue weighted by atomic mass is 32.2. The zero-order valence-electron chi connectivity index (χ0n) is 11.1. The zero-order valence-corrected chi connectivity index (χ0v) is 11.9. The fourth-order valence-electron chi connectivity index (χ4n) is 1.41. The van der Waals surface area contributed by atoms with Crippen LogP contribution in [0.3, 0.4) is 0 Å². The van der Waals surface area contributed by atoms with Crippen molar-refractivity contribution in [1.82, 2.24) is 0 Å². The van der Waals surface area contributed by atoms with Crippen LogP contribution < -0.4 is 10.5 Å². The van der Waals surface area contributed by atoms with Gasteiger partial charge in [0, 0.05) is 11.3 Å². The molecular formula is C12H15N2O5S. The maximum Gasteiger partial charge on any atom is 0.322 e. The predicted octanol–water partition coefficient (Wildman–Crippen LogP) is 0.568. The van der Waals surface area contributed by atoms with E-state index in [9.17, 15) is 18.0 Å². The lowest BCUT2D eigenvalue weighted by atomic mass is 10.1. The van der Waals surface area contributed by atoms with Gasteiger partial charge in [-0.2, -0.15) is 0 Å². The second kappa shape index (κ2) is 5.91. The Morgan fingerprint density at radius 2 is 2.00 bits per heavy atom. The summed E-state index contributed by atoms with van der Waals surface area (Å²) in [5.41, 5.74) is 6.36. The molecule has 0 spiro atoms. The molecule has 1 aromatic rings. The number of nitrogens with one attached hydrogen (secondary N) is 1. The van der Waals surface area contributed by atoms with E-state index in [-0.39, 0.29) is 28.3 Å². The maximum atomic E-state index is 11.7. The van der Waals surface area contributed by atoms with Gasteiger partial charge in [-0.05, 0) is 31.5 Å². The molecule has 0 bridgehead atoms. The fourth-order valence-corrected chi connectivity index (χ4v) is 2.42. The lowest BCUT2D eigenvalue weighted by molar-refractivity contribution is -0.137. The minimum absolute atomic E-state index is 0.0547. The van der Waals surface area contributed by atoms with Crippen LogP contribution in [0.25, 0.3) is 0 Å². The first-order chi connectivity index (χ1) is 9.16. The molecule has 3 N–H and O–H groups in total. The van der Waals surface area contributed by atoms with Gasteiger partial charge < -0.3 is 10.5 Å². The van der Waals surface area contributed by atoms with Crippen molar-refractivity contribution in [2.24, 2.45) is 0 Å². The number of hydrogen-bond donors (Lipinski definition) is 2. The van der Waals surface area contributed by atoms with Gasteiger partial charge in [0.15, 0.2) is 11.5 Å². The minimum atomic E-state index is -3.96. The summed E-state index contributed by atoms with van der Waals surface area (Å²) in [7, 11) is -2.88. The molecule has 20 heavy (non-hydrogen) atoms. The number of nitrogen functional groups attached to an aromatic ring is 1. The number of benzene rings is 1. The van der Waals surface area contributed by atoms with Gasteiger partial charge in [-0.3, -0.25) is 14.3 Å². The number of methoxy groups -OCH3 is 1. The van der Waals surface area contributed by atoms with Crippen LogP contribution in [0.15, 0.2) is 12.1 Å². The van der Waals surface area contributed by atoms with Gasteiger partial charge in [-0.25, -0.2) is 8.42 Å². The van der Waals surface area contributed by atoms with E-state index in [2.05, 4.69) is 16.4 Å². The van der Waals surface area contributed by atoms with Gasteiger partial charge in [0.05, 0.1) is 12.8 Å². The Labute approximate surface area is 117 Å². The molecule has 0 heterocycles.